The highest BCUT2D eigenvalue weighted by molar-refractivity contribution is 7.90. The van der Waals surface area contributed by atoms with Crippen molar-refractivity contribution in [3.05, 3.63) is 71.8 Å². The lowest BCUT2D eigenvalue weighted by Gasteiger charge is -2.36. The molecule has 1 aliphatic rings. The van der Waals surface area contributed by atoms with Gasteiger partial charge in [0.2, 0.25) is 11.8 Å². The fourth-order valence-corrected chi connectivity index (χ4v) is 6.93. The zero-order chi connectivity index (χ0) is 36.4. The Balaban J connectivity index is 1.41. The van der Waals surface area contributed by atoms with Crippen LogP contribution in [-0.4, -0.2) is 77.2 Å². The van der Waals surface area contributed by atoms with Crippen LogP contribution in [0.2, 0.25) is 0 Å². The summed E-state index contributed by atoms with van der Waals surface area (Å²) >= 11 is 0. The number of anilines is 1. The van der Waals surface area contributed by atoms with E-state index in [1.165, 1.54) is 29.4 Å². The largest absolute Gasteiger partial charge is 0.444 e. The van der Waals surface area contributed by atoms with Crippen molar-refractivity contribution in [2.45, 2.75) is 70.3 Å². The number of rotatable bonds is 9. The predicted molar refractivity (Wildman–Crippen MR) is 177 cm³/mol. The van der Waals surface area contributed by atoms with E-state index in [0.29, 0.717) is 22.2 Å². The van der Waals surface area contributed by atoms with Crippen LogP contribution in [0.5, 0.6) is 11.6 Å². The minimum atomic E-state index is -4.68. The number of aromatic nitrogens is 3. The monoisotopic (exact) mass is 721 g/mol. The molecule has 0 unspecified atom stereocenters. The number of sulfone groups is 1. The second kappa shape index (κ2) is 14.3. The molecule has 0 spiro atoms. The molecule has 1 N–H and O–H groups in total. The normalized spacial score (nSPS) is 17.1. The van der Waals surface area contributed by atoms with Crippen LogP contribution < -0.4 is 10.1 Å². The third kappa shape index (κ3) is 9.34. The number of benzene rings is 2. The number of pyridine rings is 1. The topological polar surface area (TPSA) is 124 Å². The number of aryl methyl sites for hydroxylation is 1. The van der Waals surface area contributed by atoms with E-state index in [1.54, 1.807) is 52.0 Å². The van der Waals surface area contributed by atoms with E-state index >= 15 is 4.39 Å². The van der Waals surface area contributed by atoms with Crippen molar-refractivity contribution in [2.75, 3.05) is 24.2 Å². The lowest BCUT2D eigenvalue weighted by atomic mass is 10.0. The number of carbonyl (C=O) groups is 1. The van der Waals surface area contributed by atoms with Gasteiger partial charge in [0.25, 0.3) is 0 Å². The number of nitrogens with one attached hydrogen (secondary N) is 1. The maximum atomic E-state index is 15.0. The van der Waals surface area contributed by atoms with Crippen LogP contribution >= 0.6 is 0 Å². The van der Waals surface area contributed by atoms with Crippen molar-refractivity contribution in [1.29, 1.82) is 0 Å². The Morgan fingerprint density at radius 3 is 2.48 bits per heavy atom. The standard InChI is InChI=1S/C34H36F5N5O5S/c1-20-7-8-23-24(9-10-27(36)26(23)19-50(46,47)15-12-34(37,38)39)29(20)48-30-25(6-5-13-40-30)28-11-14-41-31(43-28)42-22-16-21(35)17-44(18-22)32(45)49-33(2,3)4/h5-11,13-14,21-22H,12,15-19H2,1-4H3,(H,41,42,43)/t21-,22-/m1/s1. The van der Waals surface area contributed by atoms with Crippen LogP contribution in [0, 0.1) is 12.7 Å². The quantitative estimate of drug-likeness (QED) is 0.175. The van der Waals surface area contributed by atoms with Crippen molar-refractivity contribution in [2.24, 2.45) is 0 Å². The van der Waals surface area contributed by atoms with Crippen LogP contribution in [0.25, 0.3) is 22.0 Å². The minimum Gasteiger partial charge on any atom is -0.444 e. The zero-order valence-electron chi connectivity index (χ0n) is 27.7. The van der Waals surface area contributed by atoms with E-state index in [9.17, 15) is 30.8 Å². The summed E-state index contributed by atoms with van der Waals surface area (Å²) in [5, 5.41) is 3.58. The van der Waals surface area contributed by atoms with E-state index in [4.69, 9.17) is 9.47 Å². The van der Waals surface area contributed by atoms with Crippen molar-refractivity contribution >= 4 is 32.7 Å². The van der Waals surface area contributed by atoms with Gasteiger partial charge in [-0.1, -0.05) is 12.1 Å². The summed E-state index contributed by atoms with van der Waals surface area (Å²) in [6.45, 7) is 6.97. The summed E-state index contributed by atoms with van der Waals surface area (Å²) < 4.78 is 105. The fraction of sp³-hybridized carbons (Fsp3) is 0.412. The highest BCUT2D eigenvalue weighted by Gasteiger charge is 2.33. The van der Waals surface area contributed by atoms with Crippen LogP contribution in [0.4, 0.5) is 32.7 Å². The summed E-state index contributed by atoms with van der Waals surface area (Å²) in [5.41, 5.74) is 0.374. The number of carbonyl (C=O) groups excluding carboxylic acids is 1. The van der Waals surface area contributed by atoms with Crippen molar-refractivity contribution in [3.63, 3.8) is 0 Å². The van der Waals surface area contributed by atoms with Crippen molar-refractivity contribution in [1.82, 2.24) is 19.9 Å². The number of likely N-dealkylation sites (tertiary alicyclic amines) is 1. The molecule has 0 saturated carbocycles. The predicted octanol–water partition coefficient (Wildman–Crippen LogP) is 7.56. The van der Waals surface area contributed by atoms with Crippen LogP contribution in [0.3, 0.4) is 0 Å². The first-order valence-electron chi connectivity index (χ1n) is 15.7. The SMILES string of the molecule is Cc1ccc2c(CS(=O)(=O)CCC(F)(F)F)c(F)ccc2c1Oc1ncccc1-c1ccnc(N[C@@H]2C[C@@H](F)CN(C(=O)OC(C)(C)C)C2)n1. The summed E-state index contributed by atoms with van der Waals surface area (Å²) in [4.78, 5) is 27.1. The molecule has 2 aromatic carbocycles. The maximum Gasteiger partial charge on any atom is 0.410 e. The van der Waals surface area contributed by atoms with E-state index in [-0.39, 0.29) is 48.0 Å². The molecule has 0 aliphatic carbocycles. The Morgan fingerprint density at radius 1 is 1.02 bits per heavy atom. The van der Waals surface area contributed by atoms with Crippen LogP contribution in [0.15, 0.2) is 54.9 Å². The van der Waals surface area contributed by atoms with Gasteiger partial charge in [0.05, 0.1) is 35.7 Å². The van der Waals surface area contributed by atoms with Gasteiger partial charge < -0.3 is 19.7 Å². The first kappa shape index (κ1) is 36.7. The summed E-state index contributed by atoms with van der Waals surface area (Å²) in [6, 6.07) is 9.96. The summed E-state index contributed by atoms with van der Waals surface area (Å²) in [7, 11) is -4.32. The summed E-state index contributed by atoms with van der Waals surface area (Å²) in [5.74, 6) is -2.51. The molecular weight excluding hydrogens is 685 g/mol. The second-order valence-corrected chi connectivity index (χ2v) is 15.3. The van der Waals surface area contributed by atoms with E-state index in [2.05, 4.69) is 20.3 Å². The summed E-state index contributed by atoms with van der Waals surface area (Å²) in [6.07, 6.45) is -5.07. The van der Waals surface area contributed by atoms with Crippen molar-refractivity contribution < 1.29 is 44.6 Å². The smallest absolute Gasteiger partial charge is 0.410 e. The van der Waals surface area contributed by atoms with Gasteiger partial charge in [0, 0.05) is 42.4 Å². The number of alkyl halides is 4. The molecule has 0 bridgehead atoms. The fourth-order valence-electron chi connectivity index (χ4n) is 5.51. The Kier molecular flexibility index (Phi) is 10.5. The lowest BCUT2D eigenvalue weighted by molar-refractivity contribution is -0.129. The minimum absolute atomic E-state index is 0.0917. The number of piperidine rings is 1. The number of nitrogens with zero attached hydrogens (tertiary/aromatic N) is 4. The Hall–Kier alpha value is -4.60. The van der Waals surface area contributed by atoms with Gasteiger partial charge in [-0.2, -0.15) is 13.2 Å². The number of fused-ring (bicyclic) bond motifs is 1. The highest BCUT2D eigenvalue weighted by atomic mass is 32.2. The molecule has 10 nitrogen and oxygen atoms in total. The van der Waals surface area contributed by atoms with Gasteiger partial charge in [-0.3, -0.25) is 0 Å². The van der Waals surface area contributed by atoms with E-state index in [1.807, 2.05) is 0 Å². The van der Waals surface area contributed by atoms with Gasteiger partial charge in [-0.15, -0.1) is 0 Å². The molecule has 1 aliphatic heterocycles. The third-order valence-electron chi connectivity index (χ3n) is 7.75. The molecule has 50 heavy (non-hydrogen) atoms. The molecule has 5 rings (SSSR count). The first-order chi connectivity index (χ1) is 23.4. The second-order valence-electron chi connectivity index (χ2n) is 13.1. The molecule has 3 heterocycles. The number of hydrogen-bond acceptors (Lipinski definition) is 9. The molecule has 268 valence electrons. The third-order valence-corrected chi connectivity index (χ3v) is 9.30. The zero-order valence-corrected chi connectivity index (χ0v) is 28.5. The van der Waals surface area contributed by atoms with Crippen LogP contribution in [-0.2, 0) is 20.3 Å². The molecule has 1 saturated heterocycles. The molecular formula is C34H36F5N5O5S. The van der Waals surface area contributed by atoms with Crippen LogP contribution in [0.1, 0.15) is 44.7 Å². The van der Waals surface area contributed by atoms with Gasteiger partial charge in [-0.25, -0.2) is 36.9 Å². The molecule has 16 heteroatoms. The van der Waals surface area contributed by atoms with Gasteiger partial charge >= 0.3 is 12.3 Å². The lowest BCUT2D eigenvalue weighted by Crippen LogP contribution is -2.51. The van der Waals surface area contributed by atoms with E-state index < -0.39 is 63.7 Å². The van der Waals surface area contributed by atoms with Gasteiger partial charge in [0.1, 0.15) is 23.3 Å². The molecule has 2 aromatic heterocycles. The Bertz CT molecular complexity index is 1990. The number of hydrogen-bond donors (Lipinski definition) is 1. The average Bonchev–Trinajstić information content (AvgIpc) is 3.02. The van der Waals surface area contributed by atoms with Gasteiger partial charge in [0.15, 0.2) is 9.84 Å². The number of amides is 1. The van der Waals surface area contributed by atoms with Gasteiger partial charge in [-0.05, 0) is 69.0 Å². The maximum absolute atomic E-state index is 15.0. The Morgan fingerprint density at radius 2 is 1.76 bits per heavy atom. The van der Waals surface area contributed by atoms with Crippen molar-refractivity contribution in [3.8, 4) is 22.9 Å². The molecule has 4 aromatic rings. The number of ether oxygens (including phenoxy) is 2. The molecule has 1 fully saturated rings. The molecule has 0 radical (unpaired) electrons. The average molecular weight is 722 g/mol. The number of halogens is 5. The molecule has 2 atom stereocenters. The first-order valence-corrected chi connectivity index (χ1v) is 17.5. The highest BCUT2D eigenvalue weighted by Crippen LogP contribution is 2.39. The Labute approximate surface area is 286 Å². The van der Waals surface area contributed by atoms with E-state index in [0.717, 1.165) is 6.07 Å². The molecule has 1 amide bonds.